The standard InChI is InChI=1S/C21H28O5/c22-19-11-12-21(25-13-14-26-21)15-18(19)9-5-2-6-10-20(23)24-16-17-7-3-1-4-8-17/h1-5,7-8,18-19,22H,6,9-16H2/t18-,19+/m1/s1. The van der Waals surface area contributed by atoms with Gasteiger partial charge in [-0.1, -0.05) is 42.5 Å². The first-order chi connectivity index (χ1) is 12.7. The molecule has 1 aliphatic carbocycles. The molecule has 1 aromatic rings. The fourth-order valence-electron chi connectivity index (χ4n) is 3.64. The molecule has 1 saturated heterocycles. The third-order valence-electron chi connectivity index (χ3n) is 5.12. The van der Waals surface area contributed by atoms with Crippen LogP contribution >= 0.6 is 0 Å². The number of hydrogen-bond donors (Lipinski definition) is 1. The Morgan fingerprint density at radius 2 is 2.00 bits per heavy atom. The van der Waals surface area contributed by atoms with Crippen molar-refractivity contribution >= 4 is 5.97 Å². The van der Waals surface area contributed by atoms with Crippen LogP contribution in [0.1, 0.15) is 44.1 Å². The van der Waals surface area contributed by atoms with Gasteiger partial charge in [-0.2, -0.15) is 0 Å². The molecule has 1 spiro atoms. The van der Waals surface area contributed by atoms with E-state index in [1.807, 2.05) is 42.5 Å². The lowest BCUT2D eigenvalue weighted by Gasteiger charge is -2.38. The van der Waals surface area contributed by atoms with Gasteiger partial charge in [-0.25, -0.2) is 0 Å². The Morgan fingerprint density at radius 3 is 2.77 bits per heavy atom. The Morgan fingerprint density at radius 1 is 1.23 bits per heavy atom. The van der Waals surface area contributed by atoms with E-state index in [2.05, 4.69) is 0 Å². The molecule has 0 amide bonds. The second-order valence-corrected chi connectivity index (χ2v) is 7.07. The Labute approximate surface area is 155 Å². The van der Waals surface area contributed by atoms with Gasteiger partial charge in [0.15, 0.2) is 5.79 Å². The zero-order chi connectivity index (χ0) is 18.2. The monoisotopic (exact) mass is 360 g/mol. The summed E-state index contributed by atoms with van der Waals surface area (Å²) in [7, 11) is 0. The van der Waals surface area contributed by atoms with Crippen molar-refractivity contribution in [3.05, 3.63) is 48.0 Å². The summed E-state index contributed by atoms with van der Waals surface area (Å²) in [5.41, 5.74) is 0.993. The quantitative estimate of drug-likeness (QED) is 0.597. The van der Waals surface area contributed by atoms with E-state index >= 15 is 0 Å². The number of esters is 1. The number of carbonyl (C=O) groups is 1. The van der Waals surface area contributed by atoms with Crippen molar-refractivity contribution in [3.8, 4) is 0 Å². The van der Waals surface area contributed by atoms with Crippen molar-refractivity contribution in [2.24, 2.45) is 5.92 Å². The van der Waals surface area contributed by atoms with E-state index in [9.17, 15) is 9.90 Å². The minimum Gasteiger partial charge on any atom is -0.461 e. The maximum absolute atomic E-state index is 11.8. The molecule has 1 heterocycles. The minimum atomic E-state index is -0.473. The van der Waals surface area contributed by atoms with Crippen LogP contribution in [-0.2, 0) is 25.6 Å². The number of rotatable bonds is 7. The van der Waals surface area contributed by atoms with E-state index in [1.54, 1.807) is 0 Å². The van der Waals surface area contributed by atoms with Crippen LogP contribution in [0.15, 0.2) is 42.5 Å². The van der Waals surface area contributed by atoms with Crippen molar-refractivity contribution in [1.29, 1.82) is 0 Å². The molecule has 0 unspecified atom stereocenters. The second kappa shape index (κ2) is 9.31. The molecule has 3 rings (SSSR count). The predicted octanol–water partition coefficient (Wildman–Crippen LogP) is 3.36. The highest BCUT2D eigenvalue weighted by Gasteiger charge is 2.44. The van der Waals surface area contributed by atoms with Gasteiger partial charge < -0.3 is 19.3 Å². The van der Waals surface area contributed by atoms with E-state index in [4.69, 9.17) is 14.2 Å². The normalized spacial score (nSPS) is 25.0. The lowest BCUT2D eigenvalue weighted by molar-refractivity contribution is -0.201. The van der Waals surface area contributed by atoms with Crippen molar-refractivity contribution in [2.75, 3.05) is 13.2 Å². The summed E-state index contributed by atoms with van der Waals surface area (Å²) in [4.78, 5) is 11.8. The number of ether oxygens (including phenoxy) is 3. The van der Waals surface area contributed by atoms with Gasteiger partial charge in [0.2, 0.25) is 0 Å². The van der Waals surface area contributed by atoms with Gasteiger partial charge in [-0.05, 0) is 30.7 Å². The van der Waals surface area contributed by atoms with Crippen LogP contribution in [0.3, 0.4) is 0 Å². The molecule has 26 heavy (non-hydrogen) atoms. The maximum Gasteiger partial charge on any atom is 0.306 e. The van der Waals surface area contributed by atoms with Crippen molar-refractivity contribution in [2.45, 2.75) is 57.0 Å². The third kappa shape index (κ3) is 5.40. The third-order valence-corrected chi connectivity index (χ3v) is 5.12. The molecule has 1 N–H and O–H groups in total. The molecular weight excluding hydrogens is 332 g/mol. The molecule has 5 nitrogen and oxygen atoms in total. The minimum absolute atomic E-state index is 0.142. The van der Waals surface area contributed by atoms with Crippen LogP contribution in [0.2, 0.25) is 0 Å². The number of aliphatic hydroxyl groups excluding tert-OH is 1. The summed E-state index contributed by atoms with van der Waals surface area (Å²) < 4.78 is 16.8. The second-order valence-electron chi connectivity index (χ2n) is 7.07. The molecule has 5 heteroatoms. The fourth-order valence-corrected chi connectivity index (χ4v) is 3.64. The van der Waals surface area contributed by atoms with E-state index in [0.29, 0.717) is 39.1 Å². The number of hydrogen-bond acceptors (Lipinski definition) is 5. The summed E-state index contributed by atoms with van der Waals surface area (Å²) in [5.74, 6) is -0.523. The highest BCUT2D eigenvalue weighted by molar-refractivity contribution is 5.69. The van der Waals surface area contributed by atoms with Crippen LogP contribution in [0.25, 0.3) is 0 Å². The van der Waals surface area contributed by atoms with Gasteiger partial charge >= 0.3 is 5.97 Å². The summed E-state index contributed by atoms with van der Waals surface area (Å²) in [5, 5.41) is 10.2. The maximum atomic E-state index is 11.8. The lowest BCUT2D eigenvalue weighted by Crippen LogP contribution is -2.42. The first-order valence-corrected chi connectivity index (χ1v) is 9.47. The molecule has 1 aliphatic heterocycles. The number of carbonyl (C=O) groups excluding carboxylic acids is 1. The molecule has 0 bridgehead atoms. The van der Waals surface area contributed by atoms with Crippen molar-refractivity contribution < 1.29 is 24.1 Å². The Hall–Kier alpha value is -1.69. The van der Waals surface area contributed by atoms with Crippen LogP contribution in [0.4, 0.5) is 0 Å². The topological polar surface area (TPSA) is 65.0 Å². The number of allylic oxidation sites excluding steroid dienone is 2. The van der Waals surface area contributed by atoms with Gasteiger partial charge in [-0.15, -0.1) is 0 Å². The molecular formula is C21H28O5. The predicted molar refractivity (Wildman–Crippen MR) is 97.2 cm³/mol. The summed E-state index contributed by atoms with van der Waals surface area (Å²) in [6.45, 7) is 1.60. The highest BCUT2D eigenvalue weighted by atomic mass is 16.7. The molecule has 2 atom stereocenters. The Kier molecular flexibility index (Phi) is 6.83. The zero-order valence-electron chi connectivity index (χ0n) is 15.1. The summed E-state index contributed by atoms with van der Waals surface area (Å²) in [6, 6.07) is 9.67. The SMILES string of the molecule is O=C(CCC=CC[C@@H]1CC2(CC[C@@H]1O)OCCO2)OCc1ccccc1. The first-order valence-electron chi connectivity index (χ1n) is 9.47. The number of aliphatic hydroxyl groups is 1. The molecule has 0 aromatic heterocycles. The van der Waals surface area contributed by atoms with Gasteiger partial charge in [0.1, 0.15) is 6.61 Å². The van der Waals surface area contributed by atoms with Crippen LogP contribution in [-0.4, -0.2) is 36.2 Å². The van der Waals surface area contributed by atoms with Crippen LogP contribution in [0, 0.1) is 5.92 Å². The average molecular weight is 360 g/mol. The van der Waals surface area contributed by atoms with Crippen molar-refractivity contribution in [3.63, 3.8) is 0 Å². The smallest absolute Gasteiger partial charge is 0.306 e. The van der Waals surface area contributed by atoms with E-state index in [1.165, 1.54) is 0 Å². The van der Waals surface area contributed by atoms with Gasteiger partial charge in [0.25, 0.3) is 0 Å². The Balaban J connectivity index is 1.34. The summed E-state index contributed by atoms with van der Waals surface area (Å²) in [6.07, 6.45) is 7.73. The Bertz CT molecular complexity index is 592. The molecule has 0 radical (unpaired) electrons. The highest BCUT2D eigenvalue weighted by Crippen LogP contribution is 2.40. The molecule has 1 aromatic carbocycles. The van der Waals surface area contributed by atoms with Gasteiger partial charge in [-0.3, -0.25) is 4.79 Å². The molecule has 142 valence electrons. The van der Waals surface area contributed by atoms with Gasteiger partial charge in [0, 0.05) is 19.3 Å². The summed E-state index contributed by atoms with van der Waals surface area (Å²) >= 11 is 0. The van der Waals surface area contributed by atoms with E-state index in [-0.39, 0.29) is 18.0 Å². The fraction of sp³-hybridized carbons (Fsp3) is 0.571. The van der Waals surface area contributed by atoms with Crippen molar-refractivity contribution in [1.82, 2.24) is 0 Å². The molecule has 2 fully saturated rings. The molecule has 2 aliphatic rings. The zero-order valence-corrected chi connectivity index (χ0v) is 15.1. The van der Waals surface area contributed by atoms with E-state index in [0.717, 1.165) is 24.8 Å². The van der Waals surface area contributed by atoms with Crippen LogP contribution < -0.4 is 0 Å². The largest absolute Gasteiger partial charge is 0.461 e. The van der Waals surface area contributed by atoms with Gasteiger partial charge in [0.05, 0.1) is 19.3 Å². The number of benzene rings is 1. The average Bonchev–Trinajstić information content (AvgIpc) is 3.11. The van der Waals surface area contributed by atoms with Crippen LogP contribution in [0.5, 0.6) is 0 Å². The van der Waals surface area contributed by atoms with E-state index < -0.39 is 5.79 Å². The first kappa shape index (κ1) is 19.1. The lowest BCUT2D eigenvalue weighted by atomic mass is 9.80. The molecule has 1 saturated carbocycles.